The number of anilines is 2. The summed E-state index contributed by atoms with van der Waals surface area (Å²) in [6.07, 6.45) is 2.48. The fraction of sp³-hybridized carbons (Fsp3) is 0.500. The lowest BCUT2D eigenvalue weighted by Gasteiger charge is -2.39. The predicted octanol–water partition coefficient (Wildman–Crippen LogP) is 2.87. The average molecular weight is 574 g/mol. The zero-order chi connectivity index (χ0) is 28.5. The predicted molar refractivity (Wildman–Crippen MR) is 137 cm³/mol. The molecule has 38 heavy (non-hydrogen) atoms. The number of carbonyl (C=O) groups is 2. The highest BCUT2D eigenvalue weighted by Crippen LogP contribution is 2.58. The average Bonchev–Trinajstić information content (AvgIpc) is 2.83. The number of amides is 2. The van der Waals surface area contributed by atoms with Gasteiger partial charge in [-0.2, -0.15) is 0 Å². The summed E-state index contributed by atoms with van der Waals surface area (Å²) in [5, 5.41) is 5.35. The van der Waals surface area contributed by atoms with Gasteiger partial charge >= 0.3 is 27.2 Å². The van der Waals surface area contributed by atoms with Crippen LogP contribution in [0.2, 0.25) is 0 Å². The third-order valence-electron chi connectivity index (χ3n) is 5.36. The first-order valence-corrected chi connectivity index (χ1v) is 14.8. The zero-order valence-electron chi connectivity index (χ0n) is 21.3. The highest BCUT2D eigenvalue weighted by molar-refractivity contribution is 7.61. The van der Waals surface area contributed by atoms with Crippen molar-refractivity contribution in [3.63, 3.8) is 0 Å². The maximum absolute atomic E-state index is 13.5. The van der Waals surface area contributed by atoms with Crippen LogP contribution < -0.4 is 20.8 Å². The molecule has 4 unspecified atom stereocenters. The summed E-state index contributed by atoms with van der Waals surface area (Å²) >= 11 is 0. The van der Waals surface area contributed by atoms with Gasteiger partial charge in [-0.05, 0) is 52.7 Å². The largest absolute Gasteiger partial charge is 0.450 e. The van der Waals surface area contributed by atoms with Gasteiger partial charge in [-0.15, -0.1) is 0 Å². The Kier molecular flexibility index (Phi) is 10.5. The fourth-order valence-electron chi connectivity index (χ4n) is 3.07. The summed E-state index contributed by atoms with van der Waals surface area (Å²) in [6.45, 7) is 5.52. The van der Waals surface area contributed by atoms with Crippen molar-refractivity contribution in [3.05, 3.63) is 36.9 Å². The first-order valence-electron chi connectivity index (χ1n) is 11.4. The molecule has 2 rings (SSSR count). The standard InChI is InChI=1S/C20H32N8O8P2/c1-5-35-17(29)25-19(3,37(31,32)27-15-21-11-7-12-22-15)9-10-20(4,26-18(30)36-6-2)38(33,34)28-16-23-13-8-14-24-16/h7-8,11-14H,5-6,9-10H2,1-4H3,(H,25,29)(H,26,30)(H2,21,22,27,31,32)(H2,23,24,28,33,34). The van der Waals surface area contributed by atoms with E-state index in [9.17, 15) is 28.5 Å². The van der Waals surface area contributed by atoms with Gasteiger partial charge in [-0.3, -0.25) is 19.3 Å². The van der Waals surface area contributed by atoms with Crippen molar-refractivity contribution in [2.24, 2.45) is 0 Å². The first kappa shape index (κ1) is 30.9. The first-order chi connectivity index (χ1) is 17.8. The molecule has 0 aromatic carbocycles. The molecular weight excluding hydrogens is 542 g/mol. The van der Waals surface area contributed by atoms with E-state index in [0.717, 1.165) is 0 Å². The molecule has 18 heteroatoms. The molecule has 0 fully saturated rings. The second-order valence-electron chi connectivity index (χ2n) is 8.26. The van der Waals surface area contributed by atoms with Crippen LogP contribution in [0, 0.1) is 0 Å². The molecule has 0 aliphatic carbocycles. The van der Waals surface area contributed by atoms with Gasteiger partial charge in [0.15, 0.2) is 0 Å². The number of ether oxygens (including phenoxy) is 2. The van der Waals surface area contributed by atoms with Crippen molar-refractivity contribution in [2.75, 3.05) is 23.4 Å². The van der Waals surface area contributed by atoms with Gasteiger partial charge in [0.2, 0.25) is 11.9 Å². The van der Waals surface area contributed by atoms with Crippen LogP contribution in [0.3, 0.4) is 0 Å². The van der Waals surface area contributed by atoms with E-state index in [-0.39, 0.29) is 25.1 Å². The third kappa shape index (κ3) is 8.09. The molecule has 6 N–H and O–H groups in total. The summed E-state index contributed by atoms with van der Waals surface area (Å²) in [6, 6.07) is 3.00. The van der Waals surface area contributed by atoms with E-state index in [0.29, 0.717) is 0 Å². The van der Waals surface area contributed by atoms with Crippen LogP contribution >= 0.6 is 15.0 Å². The van der Waals surface area contributed by atoms with Gasteiger partial charge in [-0.25, -0.2) is 29.5 Å². The van der Waals surface area contributed by atoms with E-state index < -0.39 is 50.6 Å². The molecule has 0 aliphatic heterocycles. The Balaban J connectivity index is 2.44. The van der Waals surface area contributed by atoms with E-state index in [4.69, 9.17) is 9.47 Å². The molecule has 2 aromatic rings. The molecule has 16 nitrogen and oxygen atoms in total. The van der Waals surface area contributed by atoms with Crippen LogP contribution in [-0.4, -0.2) is 65.7 Å². The second-order valence-corrected chi connectivity index (χ2v) is 13.0. The Morgan fingerprint density at radius 2 is 1.08 bits per heavy atom. The van der Waals surface area contributed by atoms with Crippen molar-refractivity contribution in [3.8, 4) is 0 Å². The molecule has 0 saturated carbocycles. The SMILES string of the molecule is CCOC(=O)NC(C)(CCC(C)(NC(=O)OCC)P(=O)(O)Nc1ncccn1)P(=O)(O)Nc1ncccn1. The molecule has 4 atom stereocenters. The molecule has 0 spiro atoms. The summed E-state index contributed by atoms with van der Waals surface area (Å²) < 4.78 is 36.9. The molecular formula is C20H32N8O8P2. The van der Waals surface area contributed by atoms with Crippen molar-refractivity contribution in [1.29, 1.82) is 0 Å². The lowest BCUT2D eigenvalue weighted by molar-refractivity contribution is 0.138. The van der Waals surface area contributed by atoms with Crippen molar-refractivity contribution in [2.45, 2.75) is 51.1 Å². The van der Waals surface area contributed by atoms with Crippen molar-refractivity contribution >= 4 is 39.1 Å². The lowest BCUT2D eigenvalue weighted by Crippen LogP contribution is -2.52. The smallest absolute Gasteiger partial charge is 0.408 e. The molecule has 210 valence electrons. The second kappa shape index (κ2) is 13.0. The van der Waals surface area contributed by atoms with E-state index in [1.165, 1.54) is 50.8 Å². The Hall–Kier alpha value is -3.32. The van der Waals surface area contributed by atoms with E-state index in [1.54, 1.807) is 13.8 Å². The maximum atomic E-state index is 13.5. The minimum Gasteiger partial charge on any atom is -0.450 e. The van der Waals surface area contributed by atoms with Crippen molar-refractivity contribution in [1.82, 2.24) is 30.6 Å². The van der Waals surface area contributed by atoms with E-state index in [2.05, 4.69) is 40.7 Å². The Bertz CT molecular complexity index is 1090. The molecule has 2 aromatic heterocycles. The van der Waals surface area contributed by atoms with Crippen LogP contribution in [0.4, 0.5) is 21.5 Å². The molecule has 0 radical (unpaired) electrons. The minimum absolute atomic E-state index is 0.0260. The molecule has 0 bridgehead atoms. The Morgan fingerprint density at radius 1 is 0.763 bits per heavy atom. The number of aromatic nitrogens is 4. The minimum atomic E-state index is -4.61. The quantitative estimate of drug-likeness (QED) is 0.189. The fourth-order valence-corrected chi connectivity index (χ4v) is 5.65. The number of alkyl carbamates (subject to hydrolysis) is 2. The summed E-state index contributed by atoms with van der Waals surface area (Å²) in [5.41, 5.74) is 0. The number of hydrogen-bond donors (Lipinski definition) is 6. The van der Waals surface area contributed by atoms with Gasteiger partial charge in [0, 0.05) is 24.8 Å². The highest BCUT2D eigenvalue weighted by Gasteiger charge is 2.51. The van der Waals surface area contributed by atoms with Crippen LogP contribution in [-0.2, 0) is 18.6 Å². The van der Waals surface area contributed by atoms with E-state index >= 15 is 0 Å². The third-order valence-corrected chi connectivity index (χ3v) is 9.72. The summed E-state index contributed by atoms with van der Waals surface area (Å²) in [4.78, 5) is 62.2. The number of nitrogens with zero attached hydrogens (tertiary/aromatic N) is 4. The Morgan fingerprint density at radius 3 is 1.37 bits per heavy atom. The van der Waals surface area contributed by atoms with Crippen LogP contribution in [0.25, 0.3) is 0 Å². The van der Waals surface area contributed by atoms with Gasteiger partial charge < -0.3 is 29.9 Å². The van der Waals surface area contributed by atoms with Gasteiger partial charge in [0.25, 0.3) is 0 Å². The number of nitrogens with one attached hydrogen (secondary N) is 4. The number of rotatable bonds is 13. The number of carbonyl (C=O) groups excluding carboxylic acids is 2. The molecule has 0 saturated heterocycles. The topological polar surface area (TPSA) is 227 Å². The molecule has 0 aliphatic rings. The molecule has 2 amide bonds. The highest BCUT2D eigenvalue weighted by atomic mass is 31.2. The normalized spacial score (nSPS) is 17.3. The van der Waals surface area contributed by atoms with Gasteiger partial charge in [0.05, 0.1) is 13.2 Å². The van der Waals surface area contributed by atoms with Crippen molar-refractivity contribution < 1.29 is 38.0 Å². The van der Waals surface area contributed by atoms with E-state index in [1.807, 2.05) is 0 Å². The van der Waals surface area contributed by atoms with Crippen LogP contribution in [0.15, 0.2) is 36.9 Å². The lowest BCUT2D eigenvalue weighted by atomic mass is 10.1. The molecule has 2 heterocycles. The maximum Gasteiger partial charge on any atom is 0.408 e. The summed E-state index contributed by atoms with van der Waals surface area (Å²) in [7, 11) is -9.23. The van der Waals surface area contributed by atoms with Gasteiger partial charge in [-0.1, -0.05) is 0 Å². The zero-order valence-corrected chi connectivity index (χ0v) is 23.1. The van der Waals surface area contributed by atoms with Crippen LogP contribution in [0.5, 0.6) is 0 Å². The monoisotopic (exact) mass is 574 g/mol. The van der Waals surface area contributed by atoms with Gasteiger partial charge in [0.1, 0.15) is 10.6 Å². The summed E-state index contributed by atoms with van der Waals surface area (Å²) in [5.74, 6) is -0.392. The Labute approximate surface area is 219 Å². The number of hydrogen-bond acceptors (Lipinski definition) is 10. The van der Waals surface area contributed by atoms with Crippen LogP contribution in [0.1, 0.15) is 40.5 Å².